The Morgan fingerprint density at radius 1 is 0.583 bits per heavy atom. The summed E-state index contributed by atoms with van der Waals surface area (Å²) in [5.41, 5.74) is 0. The van der Waals surface area contributed by atoms with E-state index in [1.54, 1.807) is 0 Å². The van der Waals surface area contributed by atoms with Crippen LogP contribution >= 0.6 is 31.9 Å². The van der Waals surface area contributed by atoms with Crippen molar-refractivity contribution < 1.29 is 0 Å². The second kappa shape index (κ2) is 3.51. The molecule has 0 aromatic heterocycles. The van der Waals surface area contributed by atoms with Crippen LogP contribution in [0.3, 0.4) is 0 Å². The third kappa shape index (κ3) is 1.60. The van der Waals surface area contributed by atoms with Crippen LogP contribution in [0.25, 0.3) is 0 Å². The van der Waals surface area contributed by atoms with E-state index in [9.17, 15) is 0 Å². The second-order valence-corrected chi connectivity index (χ2v) is 5.31. The highest BCUT2D eigenvalue weighted by Crippen LogP contribution is 2.30. The van der Waals surface area contributed by atoms with Crippen molar-refractivity contribution in [2.45, 2.75) is 9.65 Å². The molecule has 0 N–H and O–H groups in total. The van der Waals surface area contributed by atoms with Crippen LogP contribution in [0.1, 0.15) is 0 Å². The van der Waals surface area contributed by atoms with Crippen LogP contribution in [0, 0.1) is 11.8 Å². The Morgan fingerprint density at radius 3 is 1.33 bits per heavy atom. The molecule has 0 radical (unpaired) electrons. The summed E-state index contributed by atoms with van der Waals surface area (Å²) >= 11 is 7.28. The molecule has 2 aliphatic carbocycles. The summed E-state index contributed by atoms with van der Waals surface area (Å²) in [4.78, 5) is 0.935. The molecule has 0 aromatic carbocycles. The molecule has 12 heavy (non-hydrogen) atoms. The predicted molar refractivity (Wildman–Crippen MR) is 59.8 cm³/mol. The Hall–Kier alpha value is 0.180. The zero-order valence-corrected chi connectivity index (χ0v) is 9.70. The fourth-order valence-corrected chi connectivity index (χ4v) is 2.59. The highest BCUT2D eigenvalue weighted by atomic mass is 79.9. The van der Waals surface area contributed by atoms with E-state index < -0.39 is 0 Å². The van der Waals surface area contributed by atoms with Gasteiger partial charge in [-0.15, -0.1) is 0 Å². The normalized spacial score (nSPS) is 44.5. The monoisotopic (exact) mass is 288 g/mol. The standard InChI is InChI=1S/C10H10Br2/c11-9-6-4-8-2-1-7(9)3-5-10(8)12/h1-10H/t7-,8+,9-,10-/m0/s1. The van der Waals surface area contributed by atoms with Gasteiger partial charge in [0, 0.05) is 21.5 Å². The zero-order valence-electron chi connectivity index (χ0n) is 6.53. The van der Waals surface area contributed by atoms with Gasteiger partial charge < -0.3 is 0 Å². The molecule has 0 fully saturated rings. The number of fused-ring (bicyclic) bond motifs is 2. The lowest BCUT2D eigenvalue weighted by molar-refractivity contribution is 0.840. The van der Waals surface area contributed by atoms with Crippen LogP contribution in [0.4, 0.5) is 0 Å². The Kier molecular flexibility index (Phi) is 2.56. The third-order valence-electron chi connectivity index (χ3n) is 2.33. The van der Waals surface area contributed by atoms with E-state index in [1.165, 1.54) is 0 Å². The van der Waals surface area contributed by atoms with Gasteiger partial charge in [-0.25, -0.2) is 0 Å². The molecule has 2 heteroatoms. The van der Waals surface area contributed by atoms with Gasteiger partial charge in [-0.3, -0.25) is 0 Å². The SMILES string of the molecule is Br[C@H]1C=C[C@@H]2C=C[C@@H]1C=C[C@@H]2Br. The Bertz CT molecular complexity index is 223. The molecule has 64 valence electrons. The first-order chi connectivity index (χ1) is 5.77. The summed E-state index contributed by atoms with van der Waals surface area (Å²) in [5, 5.41) is 0. The molecular weight excluding hydrogens is 280 g/mol. The maximum Gasteiger partial charge on any atom is 0.0423 e. The smallest absolute Gasteiger partial charge is 0.0423 e. The predicted octanol–water partition coefficient (Wildman–Crippen LogP) is 3.44. The molecular formula is C10H10Br2. The van der Waals surface area contributed by atoms with Crippen LogP contribution < -0.4 is 0 Å². The first kappa shape index (κ1) is 8.76. The van der Waals surface area contributed by atoms with Gasteiger partial charge in [-0.05, 0) is 0 Å². The van der Waals surface area contributed by atoms with E-state index in [0.29, 0.717) is 21.5 Å². The van der Waals surface area contributed by atoms with Crippen molar-refractivity contribution in [2.24, 2.45) is 11.8 Å². The average molecular weight is 290 g/mol. The first-order valence-corrected chi connectivity index (χ1v) is 5.93. The summed E-state index contributed by atoms with van der Waals surface area (Å²) in [6, 6.07) is 0. The molecule has 0 unspecified atom stereocenters. The number of alkyl halides is 2. The zero-order chi connectivity index (χ0) is 8.55. The lowest BCUT2D eigenvalue weighted by Crippen LogP contribution is -2.09. The highest BCUT2D eigenvalue weighted by Gasteiger charge is 2.21. The summed E-state index contributed by atoms with van der Waals surface area (Å²) in [7, 11) is 0. The van der Waals surface area contributed by atoms with Crippen molar-refractivity contribution in [3.63, 3.8) is 0 Å². The molecule has 0 saturated heterocycles. The largest absolute Gasteiger partial charge is 0.0835 e. The molecule has 0 aromatic rings. The van der Waals surface area contributed by atoms with Crippen molar-refractivity contribution in [2.75, 3.05) is 0 Å². The van der Waals surface area contributed by atoms with E-state index >= 15 is 0 Å². The lowest BCUT2D eigenvalue weighted by atomic mass is 10.0. The molecule has 0 heterocycles. The lowest BCUT2D eigenvalue weighted by Gasteiger charge is -2.14. The maximum atomic E-state index is 3.64. The fourth-order valence-electron chi connectivity index (χ4n) is 1.53. The Balaban J connectivity index is 2.35. The van der Waals surface area contributed by atoms with E-state index in [2.05, 4.69) is 68.3 Å². The van der Waals surface area contributed by atoms with Gasteiger partial charge in [0.2, 0.25) is 0 Å². The van der Waals surface area contributed by atoms with Crippen LogP contribution in [0.15, 0.2) is 36.5 Å². The van der Waals surface area contributed by atoms with Crippen molar-refractivity contribution >= 4 is 31.9 Å². The van der Waals surface area contributed by atoms with Gasteiger partial charge in [0.15, 0.2) is 0 Å². The summed E-state index contributed by atoms with van der Waals surface area (Å²) < 4.78 is 0. The van der Waals surface area contributed by atoms with Crippen LogP contribution in [-0.4, -0.2) is 9.65 Å². The quantitative estimate of drug-likeness (QED) is 0.473. The van der Waals surface area contributed by atoms with Crippen molar-refractivity contribution in [1.29, 1.82) is 0 Å². The molecule has 4 atom stereocenters. The molecule has 0 amide bonds. The topological polar surface area (TPSA) is 0 Å². The van der Waals surface area contributed by atoms with Gasteiger partial charge in [-0.1, -0.05) is 68.3 Å². The number of rotatable bonds is 0. The molecule has 0 nitrogen and oxygen atoms in total. The highest BCUT2D eigenvalue weighted by molar-refractivity contribution is 9.09. The molecule has 0 spiro atoms. The van der Waals surface area contributed by atoms with Crippen LogP contribution in [-0.2, 0) is 0 Å². The number of hydrogen-bond acceptors (Lipinski definition) is 0. The van der Waals surface area contributed by atoms with Gasteiger partial charge >= 0.3 is 0 Å². The van der Waals surface area contributed by atoms with Crippen molar-refractivity contribution in [3.8, 4) is 0 Å². The third-order valence-corrected chi connectivity index (χ3v) is 4.16. The van der Waals surface area contributed by atoms with Crippen LogP contribution in [0.2, 0.25) is 0 Å². The van der Waals surface area contributed by atoms with E-state index in [0.717, 1.165) is 0 Å². The van der Waals surface area contributed by atoms with E-state index in [-0.39, 0.29) is 0 Å². The van der Waals surface area contributed by atoms with Gasteiger partial charge in [0.1, 0.15) is 0 Å². The molecule has 2 rings (SSSR count). The summed E-state index contributed by atoms with van der Waals surface area (Å²) in [6.45, 7) is 0. The number of halogens is 2. The summed E-state index contributed by atoms with van der Waals surface area (Å²) in [6.07, 6.45) is 13.6. The van der Waals surface area contributed by atoms with Gasteiger partial charge in [0.25, 0.3) is 0 Å². The summed E-state index contributed by atoms with van der Waals surface area (Å²) in [5.74, 6) is 1.04. The van der Waals surface area contributed by atoms with Crippen LogP contribution in [0.5, 0.6) is 0 Å². The molecule has 2 bridgehead atoms. The molecule has 2 aliphatic rings. The minimum atomic E-state index is 0.468. The van der Waals surface area contributed by atoms with E-state index in [1.807, 2.05) is 0 Å². The van der Waals surface area contributed by atoms with E-state index in [4.69, 9.17) is 0 Å². The molecule has 0 aliphatic heterocycles. The number of allylic oxidation sites excluding steroid dienone is 6. The molecule has 0 saturated carbocycles. The second-order valence-electron chi connectivity index (χ2n) is 3.20. The van der Waals surface area contributed by atoms with Gasteiger partial charge in [-0.2, -0.15) is 0 Å². The number of hydrogen-bond donors (Lipinski definition) is 0. The van der Waals surface area contributed by atoms with Gasteiger partial charge in [0.05, 0.1) is 0 Å². The van der Waals surface area contributed by atoms with Crippen molar-refractivity contribution in [3.05, 3.63) is 36.5 Å². The van der Waals surface area contributed by atoms with Crippen molar-refractivity contribution in [1.82, 2.24) is 0 Å². The maximum absolute atomic E-state index is 3.64. The Labute approximate surface area is 89.7 Å². The Morgan fingerprint density at radius 2 is 0.917 bits per heavy atom. The minimum Gasteiger partial charge on any atom is -0.0835 e. The average Bonchev–Trinajstić information content (AvgIpc) is 2.33. The minimum absolute atomic E-state index is 0.468. The fraction of sp³-hybridized carbons (Fsp3) is 0.400. The first-order valence-electron chi connectivity index (χ1n) is 4.10.